The van der Waals surface area contributed by atoms with Crippen molar-refractivity contribution in [3.63, 3.8) is 0 Å². The van der Waals surface area contributed by atoms with Crippen molar-refractivity contribution >= 4 is 23.2 Å². The molecule has 4 rings (SSSR count). The van der Waals surface area contributed by atoms with Gasteiger partial charge in [0.1, 0.15) is 5.60 Å². The highest BCUT2D eigenvalue weighted by atomic mass is 35.5. The smallest absolute Gasteiger partial charge is 0.275 e. The minimum Gasteiger partial charge on any atom is -0.377 e. The van der Waals surface area contributed by atoms with Gasteiger partial charge in [-0.15, -0.1) is 0 Å². The highest BCUT2D eigenvalue weighted by molar-refractivity contribution is 6.31. The van der Waals surface area contributed by atoms with Crippen LogP contribution in [0.5, 0.6) is 0 Å². The third-order valence-corrected chi connectivity index (χ3v) is 6.39. The molecule has 3 saturated heterocycles. The number of amides is 1. The maximum Gasteiger partial charge on any atom is 0.275 e. The summed E-state index contributed by atoms with van der Waals surface area (Å²) in [6.07, 6.45) is 3.29. The monoisotopic (exact) mass is 423 g/mol. The molecule has 0 aliphatic carbocycles. The molecule has 0 bridgehead atoms. The maximum absolute atomic E-state index is 11.9. The zero-order valence-electron chi connectivity index (χ0n) is 16.3. The molecule has 0 aromatic heterocycles. The van der Waals surface area contributed by atoms with Gasteiger partial charge in [0.25, 0.3) is 5.69 Å². The first kappa shape index (κ1) is 20.5. The number of carbonyl (C=O) groups excluding carboxylic acids is 1. The number of hydrogen-bond donors (Lipinski definition) is 0. The van der Waals surface area contributed by atoms with Crippen molar-refractivity contribution in [3.8, 4) is 0 Å². The normalized spacial score (nSPS) is 28.2. The molecule has 0 unspecified atom stereocenters. The molecule has 1 amide bonds. The molecule has 8 nitrogen and oxygen atoms in total. The van der Waals surface area contributed by atoms with Gasteiger partial charge in [0.2, 0.25) is 5.91 Å². The second-order valence-corrected chi connectivity index (χ2v) is 8.57. The molecule has 3 fully saturated rings. The van der Waals surface area contributed by atoms with Crippen LogP contribution in [0.15, 0.2) is 18.2 Å². The van der Waals surface area contributed by atoms with Crippen LogP contribution in [0.2, 0.25) is 5.02 Å². The van der Waals surface area contributed by atoms with E-state index in [0.29, 0.717) is 56.4 Å². The summed E-state index contributed by atoms with van der Waals surface area (Å²) in [5.74, 6) is 0.208. The summed E-state index contributed by atoms with van der Waals surface area (Å²) in [5.41, 5.74) is 0.114. The molecule has 0 N–H and O–H groups in total. The Kier molecular flexibility index (Phi) is 6.06. The number of nitro benzene ring substituents is 1. The molecule has 1 spiro atoms. The van der Waals surface area contributed by atoms with Crippen LogP contribution >= 0.6 is 11.6 Å². The van der Waals surface area contributed by atoms with Crippen molar-refractivity contribution in [2.24, 2.45) is 0 Å². The minimum atomic E-state index is -0.444. The highest BCUT2D eigenvalue weighted by Gasteiger charge is 2.44. The predicted octanol–water partition coefficient (Wildman–Crippen LogP) is 2.62. The first-order valence-corrected chi connectivity index (χ1v) is 10.5. The zero-order valence-corrected chi connectivity index (χ0v) is 17.1. The van der Waals surface area contributed by atoms with E-state index in [1.807, 2.05) is 4.90 Å². The van der Waals surface area contributed by atoms with Gasteiger partial charge in [0.15, 0.2) is 0 Å². The van der Waals surface area contributed by atoms with E-state index in [-0.39, 0.29) is 22.6 Å². The van der Waals surface area contributed by atoms with E-state index in [1.54, 1.807) is 12.1 Å². The highest BCUT2D eigenvalue weighted by Crippen LogP contribution is 2.35. The summed E-state index contributed by atoms with van der Waals surface area (Å²) >= 11 is 6.29. The molecule has 1 aromatic rings. The molecule has 0 radical (unpaired) electrons. The van der Waals surface area contributed by atoms with Crippen LogP contribution in [0, 0.1) is 10.1 Å². The average molecular weight is 424 g/mol. The molecule has 29 heavy (non-hydrogen) atoms. The Morgan fingerprint density at radius 1 is 1.34 bits per heavy atom. The molecule has 2 atom stereocenters. The fraction of sp³-hybridized carbons (Fsp3) is 0.650. The Hall–Kier alpha value is -1.74. The van der Waals surface area contributed by atoms with Crippen molar-refractivity contribution in [2.75, 3.05) is 39.4 Å². The van der Waals surface area contributed by atoms with Gasteiger partial charge in [-0.1, -0.05) is 17.7 Å². The van der Waals surface area contributed by atoms with Crippen molar-refractivity contribution in [3.05, 3.63) is 38.9 Å². The molecular weight excluding hydrogens is 398 g/mol. The summed E-state index contributed by atoms with van der Waals surface area (Å²) in [4.78, 5) is 27.0. The quantitative estimate of drug-likeness (QED) is 0.534. The fourth-order valence-corrected chi connectivity index (χ4v) is 4.84. The number of nitro groups is 1. The zero-order chi connectivity index (χ0) is 20.4. The van der Waals surface area contributed by atoms with Gasteiger partial charge in [-0.3, -0.25) is 19.8 Å². The van der Waals surface area contributed by atoms with E-state index in [4.69, 9.17) is 21.1 Å². The summed E-state index contributed by atoms with van der Waals surface area (Å²) in [5, 5.41) is 11.8. The standard InChI is InChI=1S/C20H26ClN3O5/c21-17-3-1-4-18(24(26)27)16(17)12-22-9-10-28-14-20(13-22)7-6-15(29-20)11-23-8-2-5-19(23)25/h1,3-4,15H,2,5-14H2/t15-,20+/m0/s1. The van der Waals surface area contributed by atoms with Crippen LogP contribution in [0.1, 0.15) is 31.2 Å². The lowest BCUT2D eigenvalue weighted by Gasteiger charge is -2.32. The summed E-state index contributed by atoms with van der Waals surface area (Å²) in [6, 6.07) is 4.77. The van der Waals surface area contributed by atoms with Crippen molar-refractivity contribution in [1.82, 2.24) is 9.80 Å². The Labute approximate surface area is 174 Å². The first-order chi connectivity index (χ1) is 14.0. The van der Waals surface area contributed by atoms with Crippen LogP contribution in [0.4, 0.5) is 5.69 Å². The van der Waals surface area contributed by atoms with Gasteiger partial charge in [-0.05, 0) is 25.3 Å². The number of nitrogens with zero attached hydrogens (tertiary/aromatic N) is 3. The summed E-state index contributed by atoms with van der Waals surface area (Å²) < 4.78 is 12.3. The maximum atomic E-state index is 11.9. The largest absolute Gasteiger partial charge is 0.377 e. The van der Waals surface area contributed by atoms with Crippen molar-refractivity contribution in [2.45, 2.75) is 43.9 Å². The molecule has 3 heterocycles. The van der Waals surface area contributed by atoms with Gasteiger partial charge in [-0.25, -0.2) is 0 Å². The van der Waals surface area contributed by atoms with E-state index in [1.165, 1.54) is 6.07 Å². The second-order valence-electron chi connectivity index (χ2n) is 8.16. The number of likely N-dealkylation sites (tertiary alicyclic amines) is 1. The van der Waals surface area contributed by atoms with Crippen LogP contribution in [0.25, 0.3) is 0 Å². The first-order valence-electron chi connectivity index (χ1n) is 10.1. The second kappa shape index (κ2) is 8.55. The van der Waals surface area contributed by atoms with Crippen LogP contribution in [-0.4, -0.2) is 71.7 Å². The molecule has 1 aromatic carbocycles. The summed E-state index contributed by atoms with van der Waals surface area (Å²) in [6.45, 7) is 4.14. The third-order valence-electron chi connectivity index (χ3n) is 6.04. The Bertz CT molecular complexity index is 791. The molecule has 3 aliphatic heterocycles. The molecule has 158 valence electrons. The summed E-state index contributed by atoms with van der Waals surface area (Å²) in [7, 11) is 0. The lowest BCUT2D eigenvalue weighted by molar-refractivity contribution is -0.385. The minimum absolute atomic E-state index is 0.00949. The van der Waals surface area contributed by atoms with Crippen LogP contribution in [0.3, 0.4) is 0 Å². The van der Waals surface area contributed by atoms with Gasteiger partial charge < -0.3 is 14.4 Å². The predicted molar refractivity (Wildman–Crippen MR) is 107 cm³/mol. The number of hydrogen-bond acceptors (Lipinski definition) is 6. The number of ether oxygens (including phenoxy) is 2. The average Bonchev–Trinajstić information content (AvgIpc) is 3.20. The Morgan fingerprint density at radius 2 is 2.21 bits per heavy atom. The van der Waals surface area contributed by atoms with Crippen LogP contribution < -0.4 is 0 Å². The lowest BCUT2D eigenvalue weighted by Crippen LogP contribution is -2.45. The number of benzene rings is 1. The number of carbonyl (C=O) groups is 1. The molecular formula is C20H26ClN3O5. The fourth-order valence-electron chi connectivity index (χ4n) is 4.61. The number of halogens is 1. The molecule has 0 saturated carbocycles. The van der Waals surface area contributed by atoms with Crippen molar-refractivity contribution in [1.29, 1.82) is 0 Å². The SMILES string of the molecule is O=C1CCCN1C[C@@H]1CC[C@@]2(COCCN(Cc3c(Cl)cccc3[N+](=O)[O-])C2)O1. The van der Waals surface area contributed by atoms with Gasteiger partial charge in [0, 0.05) is 45.2 Å². The Balaban J connectivity index is 1.45. The molecule has 9 heteroatoms. The topological polar surface area (TPSA) is 85.2 Å². The molecule has 3 aliphatic rings. The van der Waals surface area contributed by atoms with Crippen LogP contribution in [-0.2, 0) is 20.8 Å². The van der Waals surface area contributed by atoms with Gasteiger partial charge in [0.05, 0.1) is 34.8 Å². The lowest BCUT2D eigenvalue weighted by atomic mass is 9.99. The van der Waals surface area contributed by atoms with E-state index in [9.17, 15) is 14.9 Å². The third kappa shape index (κ3) is 4.55. The van der Waals surface area contributed by atoms with Gasteiger partial charge >= 0.3 is 0 Å². The Morgan fingerprint density at radius 3 is 2.97 bits per heavy atom. The number of rotatable bonds is 5. The van der Waals surface area contributed by atoms with E-state index in [2.05, 4.69) is 4.90 Å². The van der Waals surface area contributed by atoms with E-state index >= 15 is 0 Å². The van der Waals surface area contributed by atoms with Crippen molar-refractivity contribution < 1.29 is 19.2 Å². The van der Waals surface area contributed by atoms with Gasteiger partial charge in [-0.2, -0.15) is 0 Å². The van der Waals surface area contributed by atoms with E-state index in [0.717, 1.165) is 25.8 Å². The van der Waals surface area contributed by atoms with E-state index < -0.39 is 5.60 Å².